The van der Waals surface area contributed by atoms with Gasteiger partial charge in [-0.15, -0.1) is 11.8 Å². The number of nitrogens with zero attached hydrogens (tertiary/aromatic N) is 3. The van der Waals surface area contributed by atoms with E-state index < -0.39 is 0 Å². The lowest BCUT2D eigenvalue weighted by Crippen LogP contribution is -2.49. The second-order valence-corrected chi connectivity index (χ2v) is 7.11. The third-order valence-corrected chi connectivity index (χ3v) is 5.56. The molecule has 1 aliphatic heterocycles. The molecule has 1 saturated heterocycles. The molecule has 0 spiro atoms. The fraction of sp³-hybridized carbons (Fsp3) is 0.368. The summed E-state index contributed by atoms with van der Waals surface area (Å²) in [6.07, 6.45) is 3.52. The maximum Gasteiger partial charge on any atom is 0.233 e. The van der Waals surface area contributed by atoms with E-state index in [1.807, 2.05) is 17.0 Å². The molecule has 0 saturated carbocycles. The van der Waals surface area contributed by atoms with Crippen molar-refractivity contribution in [3.63, 3.8) is 0 Å². The number of carbonyl (C=O) groups is 1. The van der Waals surface area contributed by atoms with Crippen molar-refractivity contribution in [2.75, 3.05) is 36.8 Å². The van der Waals surface area contributed by atoms with E-state index in [-0.39, 0.29) is 5.91 Å². The first-order chi connectivity index (χ1) is 11.6. The van der Waals surface area contributed by atoms with Crippen LogP contribution in [0.3, 0.4) is 0 Å². The SMILES string of the molecule is Cc1cccc(N2CCN(C(=O)CSc3ccncc3)CC2)c1C. The monoisotopic (exact) mass is 341 g/mol. The minimum Gasteiger partial charge on any atom is -0.368 e. The summed E-state index contributed by atoms with van der Waals surface area (Å²) < 4.78 is 0. The largest absolute Gasteiger partial charge is 0.368 e. The Bertz CT molecular complexity index is 697. The Morgan fingerprint density at radius 2 is 1.79 bits per heavy atom. The lowest BCUT2D eigenvalue weighted by molar-refractivity contribution is -0.128. The van der Waals surface area contributed by atoms with E-state index in [0.29, 0.717) is 5.75 Å². The van der Waals surface area contributed by atoms with Crippen LogP contribution in [-0.4, -0.2) is 47.7 Å². The fourth-order valence-electron chi connectivity index (χ4n) is 2.95. The number of rotatable bonds is 4. The van der Waals surface area contributed by atoms with Gasteiger partial charge in [0.1, 0.15) is 0 Å². The molecule has 4 nitrogen and oxygen atoms in total. The van der Waals surface area contributed by atoms with Gasteiger partial charge in [-0.25, -0.2) is 0 Å². The second-order valence-electron chi connectivity index (χ2n) is 6.06. The molecule has 0 radical (unpaired) electrons. The second kappa shape index (κ2) is 7.71. The van der Waals surface area contributed by atoms with Crippen LogP contribution in [0.2, 0.25) is 0 Å². The van der Waals surface area contributed by atoms with Crippen LogP contribution in [0.4, 0.5) is 5.69 Å². The average Bonchev–Trinajstić information content (AvgIpc) is 2.63. The maximum absolute atomic E-state index is 12.4. The fourth-order valence-corrected chi connectivity index (χ4v) is 3.73. The number of aryl methyl sites for hydroxylation is 1. The van der Waals surface area contributed by atoms with Crippen LogP contribution in [0.15, 0.2) is 47.6 Å². The van der Waals surface area contributed by atoms with Crippen molar-refractivity contribution in [2.24, 2.45) is 0 Å². The topological polar surface area (TPSA) is 36.4 Å². The van der Waals surface area contributed by atoms with Crippen LogP contribution in [0.1, 0.15) is 11.1 Å². The Hall–Kier alpha value is -2.01. The number of piperazine rings is 1. The first kappa shape index (κ1) is 16.8. The van der Waals surface area contributed by atoms with Gasteiger partial charge in [-0.2, -0.15) is 0 Å². The molecule has 1 aliphatic rings. The van der Waals surface area contributed by atoms with Gasteiger partial charge < -0.3 is 9.80 Å². The molecule has 0 N–H and O–H groups in total. The van der Waals surface area contributed by atoms with Gasteiger partial charge in [0.25, 0.3) is 0 Å². The first-order valence-electron chi connectivity index (χ1n) is 8.27. The van der Waals surface area contributed by atoms with E-state index in [1.54, 1.807) is 24.2 Å². The Balaban J connectivity index is 1.53. The van der Waals surface area contributed by atoms with Crippen LogP contribution in [-0.2, 0) is 4.79 Å². The molecule has 1 amide bonds. The van der Waals surface area contributed by atoms with E-state index in [0.717, 1.165) is 31.1 Å². The van der Waals surface area contributed by atoms with Gasteiger partial charge in [0.2, 0.25) is 5.91 Å². The Labute approximate surface area is 147 Å². The van der Waals surface area contributed by atoms with E-state index in [1.165, 1.54) is 16.8 Å². The summed E-state index contributed by atoms with van der Waals surface area (Å²) in [4.78, 5) is 21.9. The average molecular weight is 341 g/mol. The van der Waals surface area contributed by atoms with Crippen LogP contribution in [0, 0.1) is 13.8 Å². The lowest BCUT2D eigenvalue weighted by atomic mass is 10.1. The summed E-state index contributed by atoms with van der Waals surface area (Å²) in [7, 11) is 0. The summed E-state index contributed by atoms with van der Waals surface area (Å²) in [5.41, 5.74) is 3.96. The number of hydrogen-bond donors (Lipinski definition) is 0. The van der Waals surface area contributed by atoms with Crippen molar-refractivity contribution in [1.29, 1.82) is 0 Å². The summed E-state index contributed by atoms with van der Waals surface area (Å²) in [5.74, 6) is 0.713. The molecule has 0 atom stereocenters. The molecule has 0 aliphatic carbocycles. The Kier molecular flexibility index (Phi) is 5.41. The zero-order valence-electron chi connectivity index (χ0n) is 14.2. The van der Waals surface area contributed by atoms with Gasteiger partial charge in [-0.05, 0) is 43.2 Å². The first-order valence-corrected chi connectivity index (χ1v) is 9.25. The molecule has 3 rings (SSSR count). The molecule has 0 unspecified atom stereocenters. The van der Waals surface area contributed by atoms with E-state index in [2.05, 4.69) is 41.9 Å². The molecule has 126 valence electrons. The number of thioether (sulfide) groups is 1. The van der Waals surface area contributed by atoms with Crippen molar-refractivity contribution in [2.45, 2.75) is 18.7 Å². The smallest absolute Gasteiger partial charge is 0.233 e. The highest BCUT2D eigenvalue weighted by Crippen LogP contribution is 2.24. The number of pyridine rings is 1. The molecule has 24 heavy (non-hydrogen) atoms. The molecule has 1 aromatic heterocycles. The zero-order valence-corrected chi connectivity index (χ0v) is 15.1. The van der Waals surface area contributed by atoms with Crippen LogP contribution in [0.25, 0.3) is 0 Å². The van der Waals surface area contributed by atoms with Gasteiger partial charge >= 0.3 is 0 Å². The van der Waals surface area contributed by atoms with Gasteiger partial charge in [-0.1, -0.05) is 12.1 Å². The lowest BCUT2D eigenvalue weighted by Gasteiger charge is -2.37. The third-order valence-electron chi connectivity index (χ3n) is 4.56. The summed E-state index contributed by atoms with van der Waals surface area (Å²) in [6, 6.07) is 10.3. The molecule has 1 aromatic carbocycles. The van der Waals surface area contributed by atoms with Crippen molar-refractivity contribution in [3.8, 4) is 0 Å². The number of amides is 1. The predicted molar refractivity (Wildman–Crippen MR) is 99.7 cm³/mol. The van der Waals surface area contributed by atoms with E-state index in [9.17, 15) is 4.79 Å². The molecular weight excluding hydrogens is 318 g/mol. The van der Waals surface area contributed by atoms with Crippen LogP contribution < -0.4 is 4.90 Å². The minimum absolute atomic E-state index is 0.220. The van der Waals surface area contributed by atoms with Crippen molar-refractivity contribution in [1.82, 2.24) is 9.88 Å². The molecule has 2 aromatic rings. The van der Waals surface area contributed by atoms with Crippen LogP contribution in [0.5, 0.6) is 0 Å². The highest BCUT2D eigenvalue weighted by molar-refractivity contribution is 8.00. The highest BCUT2D eigenvalue weighted by atomic mass is 32.2. The van der Waals surface area contributed by atoms with Crippen molar-refractivity contribution < 1.29 is 4.79 Å². The maximum atomic E-state index is 12.4. The van der Waals surface area contributed by atoms with E-state index >= 15 is 0 Å². The summed E-state index contributed by atoms with van der Waals surface area (Å²) in [5, 5.41) is 0. The molecular formula is C19H23N3OS. The quantitative estimate of drug-likeness (QED) is 0.801. The third kappa shape index (κ3) is 3.90. The number of anilines is 1. The molecule has 0 bridgehead atoms. The van der Waals surface area contributed by atoms with Gasteiger partial charge in [0.15, 0.2) is 0 Å². The predicted octanol–water partition coefficient (Wildman–Crippen LogP) is 3.14. The normalized spacial score (nSPS) is 14.8. The van der Waals surface area contributed by atoms with Gasteiger partial charge in [0, 0.05) is 49.2 Å². The number of carbonyl (C=O) groups excluding carboxylic acids is 1. The van der Waals surface area contributed by atoms with Crippen LogP contribution >= 0.6 is 11.8 Å². The van der Waals surface area contributed by atoms with E-state index in [4.69, 9.17) is 0 Å². The van der Waals surface area contributed by atoms with Gasteiger partial charge in [-0.3, -0.25) is 9.78 Å². The summed E-state index contributed by atoms with van der Waals surface area (Å²) in [6.45, 7) is 7.71. The molecule has 1 fully saturated rings. The number of benzene rings is 1. The Morgan fingerprint density at radius 3 is 2.50 bits per heavy atom. The van der Waals surface area contributed by atoms with Gasteiger partial charge in [0.05, 0.1) is 5.75 Å². The molecule has 5 heteroatoms. The van der Waals surface area contributed by atoms with Crippen molar-refractivity contribution in [3.05, 3.63) is 53.9 Å². The van der Waals surface area contributed by atoms with Crippen molar-refractivity contribution >= 4 is 23.4 Å². The summed E-state index contributed by atoms with van der Waals surface area (Å²) >= 11 is 1.58. The number of hydrogen-bond acceptors (Lipinski definition) is 4. The zero-order chi connectivity index (χ0) is 16.9. The standard InChI is InChI=1S/C19H23N3OS/c1-15-4-3-5-18(16(15)2)21-10-12-22(13-11-21)19(23)14-24-17-6-8-20-9-7-17/h3-9H,10-14H2,1-2H3. The molecule has 2 heterocycles. The minimum atomic E-state index is 0.220. The highest BCUT2D eigenvalue weighted by Gasteiger charge is 2.22. The Morgan fingerprint density at radius 1 is 1.08 bits per heavy atom. The number of aromatic nitrogens is 1.